The fourth-order valence-electron chi connectivity index (χ4n) is 2.25. The van der Waals surface area contributed by atoms with Crippen molar-refractivity contribution in [3.05, 3.63) is 0 Å². The Morgan fingerprint density at radius 3 is 2.67 bits per heavy atom. The molecule has 5 nitrogen and oxygen atoms in total. The van der Waals surface area contributed by atoms with Crippen LogP contribution in [0.3, 0.4) is 0 Å². The summed E-state index contributed by atoms with van der Waals surface area (Å²) in [6.45, 7) is 12.0. The maximum absolute atomic E-state index is 11.9. The van der Waals surface area contributed by atoms with Crippen molar-refractivity contribution in [3.8, 4) is 0 Å². The van der Waals surface area contributed by atoms with Crippen LogP contribution in [0.4, 0.5) is 4.79 Å². The summed E-state index contributed by atoms with van der Waals surface area (Å²) >= 11 is 0. The molecule has 0 bridgehead atoms. The molecule has 1 atom stereocenters. The van der Waals surface area contributed by atoms with Crippen LogP contribution in [0.5, 0.6) is 0 Å². The van der Waals surface area contributed by atoms with Crippen molar-refractivity contribution >= 4 is 6.09 Å². The van der Waals surface area contributed by atoms with Crippen molar-refractivity contribution in [3.63, 3.8) is 0 Å². The second kappa shape index (κ2) is 9.26. The molecule has 1 unspecified atom stereocenters. The molecule has 5 heteroatoms. The van der Waals surface area contributed by atoms with Crippen molar-refractivity contribution in [1.29, 1.82) is 0 Å². The summed E-state index contributed by atoms with van der Waals surface area (Å²) in [6, 6.07) is 0.383. The number of likely N-dealkylation sites (tertiary alicyclic amines) is 1. The number of ether oxygens (including phenoxy) is 2. The van der Waals surface area contributed by atoms with Crippen LogP contribution in [-0.4, -0.2) is 55.5 Å². The number of nitrogens with one attached hydrogen (secondary N) is 1. The molecular formula is C16H32N2O3. The fraction of sp³-hybridized carbons (Fsp3) is 0.938. The van der Waals surface area contributed by atoms with Gasteiger partial charge in [0, 0.05) is 32.3 Å². The summed E-state index contributed by atoms with van der Waals surface area (Å²) in [7, 11) is 0. The van der Waals surface area contributed by atoms with E-state index in [0.717, 1.165) is 52.1 Å². The van der Waals surface area contributed by atoms with Crippen molar-refractivity contribution < 1.29 is 14.3 Å². The van der Waals surface area contributed by atoms with E-state index < -0.39 is 5.60 Å². The normalized spacial score (nSPS) is 19.0. The quantitative estimate of drug-likeness (QED) is 0.700. The zero-order valence-electron chi connectivity index (χ0n) is 14.1. The molecule has 1 rings (SSSR count). The largest absolute Gasteiger partial charge is 0.444 e. The van der Waals surface area contributed by atoms with Crippen LogP contribution in [0.1, 0.15) is 53.4 Å². The predicted molar refractivity (Wildman–Crippen MR) is 84.6 cm³/mol. The van der Waals surface area contributed by atoms with Gasteiger partial charge in [-0.3, -0.25) is 0 Å². The van der Waals surface area contributed by atoms with Gasteiger partial charge in [-0.25, -0.2) is 4.79 Å². The second-order valence-corrected chi connectivity index (χ2v) is 6.69. The Bertz CT molecular complexity index is 302. The van der Waals surface area contributed by atoms with Gasteiger partial charge in [0.15, 0.2) is 0 Å². The molecule has 21 heavy (non-hydrogen) atoms. The number of carbonyl (C=O) groups is 1. The minimum Gasteiger partial charge on any atom is -0.444 e. The molecule has 1 aliphatic rings. The van der Waals surface area contributed by atoms with Crippen LogP contribution in [0.2, 0.25) is 0 Å². The Morgan fingerprint density at radius 1 is 1.29 bits per heavy atom. The molecule has 0 aromatic heterocycles. The highest BCUT2D eigenvalue weighted by Crippen LogP contribution is 2.15. The molecule has 124 valence electrons. The molecule has 1 amide bonds. The summed E-state index contributed by atoms with van der Waals surface area (Å²) in [4.78, 5) is 13.7. The first-order valence-electron chi connectivity index (χ1n) is 8.21. The Hall–Kier alpha value is -0.810. The smallest absolute Gasteiger partial charge is 0.410 e. The summed E-state index contributed by atoms with van der Waals surface area (Å²) in [5.41, 5.74) is -0.418. The number of rotatable bonds is 8. The molecule has 1 heterocycles. The maximum Gasteiger partial charge on any atom is 0.410 e. The molecule has 0 saturated carbocycles. The SMILES string of the molecule is CCCCOCCCNC1CCN(C(=O)OC(C)(C)C)C1. The van der Waals surface area contributed by atoms with E-state index in [1.54, 1.807) is 4.90 Å². The fourth-order valence-corrected chi connectivity index (χ4v) is 2.25. The van der Waals surface area contributed by atoms with Crippen LogP contribution < -0.4 is 5.32 Å². The Morgan fingerprint density at radius 2 is 2.00 bits per heavy atom. The summed E-state index contributed by atoms with van der Waals surface area (Å²) in [6.07, 6.45) is 4.14. The predicted octanol–water partition coefficient (Wildman–Crippen LogP) is 2.79. The summed E-state index contributed by atoms with van der Waals surface area (Å²) in [5, 5.41) is 3.49. The van der Waals surface area contributed by atoms with Crippen LogP contribution in [-0.2, 0) is 9.47 Å². The third kappa shape index (κ3) is 8.27. The van der Waals surface area contributed by atoms with Gasteiger partial charge in [-0.1, -0.05) is 13.3 Å². The Kier molecular flexibility index (Phi) is 8.04. The minimum absolute atomic E-state index is 0.199. The van der Waals surface area contributed by atoms with E-state index in [1.165, 1.54) is 6.42 Å². The van der Waals surface area contributed by atoms with E-state index >= 15 is 0 Å². The van der Waals surface area contributed by atoms with E-state index in [1.807, 2.05) is 20.8 Å². The first-order valence-corrected chi connectivity index (χ1v) is 8.21. The molecule has 1 saturated heterocycles. The Labute approximate surface area is 129 Å². The first-order chi connectivity index (χ1) is 9.92. The van der Waals surface area contributed by atoms with Gasteiger partial charge in [-0.05, 0) is 46.6 Å². The molecule has 1 aliphatic heterocycles. The van der Waals surface area contributed by atoms with E-state index in [-0.39, 0.29) is 6.09 Å². The van der Waals surface area contributed by atoms with Gasteiger partial charge in [-0.2, -0.15) is 0 Å². The van der Waals surface area contributed by atoms with Gasteiger partial charge < -0.3 is 19.7 Å². The van der Waals surface area contributed by atoms with Crippen molar-refractivity contribution in [2.24, 2.45) is 0 Å². The van der Waals surface area contributed by atoms with E-state index in [9.17, 15) is 4.79 Å². The van der Waals surface area contributed by atoms with E-state index in [2.05, 4.69) is 12.2 Å². The Balaban J connectivity index is 2.08. The molecule has 0 aromatic rings. The van der Waals surface area contributed by atoms with Gasteiger partial charge in [0.25, 0.3) is 0 Å². The lowest BCUT2D eigenvalue weighted by molar-refractivity contribution is 0.0291. The number of nitrogens with zero attached hydrogens (tertiary/aromatic N) is 1. The number of carbonyl (C=O) groups excluding carboxylic acids is 1. The third-order valence-electron chi connectivity index (χ3n) is 3.38. The third-order valence-corrected chi connectivity index (χ3v) is 3.38. The van der Waals surface area contributed by atoms with Crippen LogP contribution in [0, 0.1) is 0 Å². The van der Waals surface area contributed by atoms with Gasteiger partial charge in [0.1, 0.15) is 5.60 Å². The van der Waals surface area contributed by atoms with E-state index in [4.69, 9.17) is 9.47 Å². The van der Waals surface area contributed by atoms with Crippen molar-refractivity contribution in [2.45, 2.75) is 65.0 Å². The standard InChI is InChI=1S/C16H32N2O3/c1-5-6-11-20-12-7-9-17-14-8-10-18(13-14)15(19)21-16(2,3)4/h14,17H,5-13H2,1-4H3. The summed E-state index contributed by atoms with van der Waals surface area (Å²) < 4.78 is 10.9. The lowest BCUT2D eigenvalue weighted by Crippen LogP contribution is -2.38. The van der Waals surface area contributed by atoms with Gasteiger partial charge in [0.2, 0.25) is 0 Å². The zero-order chi connectivity index (χ0) is 15.7. The average molecular weight is 300 g/mol. The first kappa shape index (κ1) is 18.2. The van der Waals surface area contributed by atoms with Gasteiger partial charge >= 0.3 is 6.09 Å². The van der Waals surface area contributed by atoms with Gasteiger partial charge in [0.05, 0.1) is 0 Å². The van der Waals surface area contributed by atoms with Crippen LogP contribution in [0.15, 0.2) is 0 Å². The van der Waals surface area contributed by atoms with Gasteiger partial charge in [-0.15, -0.1) is 0 Å². The highest BCUT2D eigenvalue weighted by molar-refractivity contribution is 5.68. The molecule has 1 fully saturated rings. The molecule has 1 N–H and O–H groups in total. The molecular weight excluding hydrogens is 268 g/mol. The lowest BCUT2D eigenvalue weighted by atomic mass is 10.2. The molecule has 0 aliphatic carbocycles. The monoisotopic (exact) mass is 300 g/mol. The zero-order valence-corrected chi connectivity index (χ0v) is 14.1. The summed E-state index contributed by atoms with van der Waals surface area (Å²) in [5.74, 6) is 0. The second-order valence-electron chi connectivity index (χ2n) is 6.69. The van der Waals surface area contributed by atoms with Crippen LogP contribution in [0.25, 0.3) is 0 Å². The topological polar surface area (TPSA) is 50.8 Å². The highest BCUT2D eigenvalue weighted by Gasteiger charge is 2.29. The van der Waals surface area contributed by atoms with Crippen molar-refractivity contribution in [2.75, 3.05) is 32.8 Å². The number of hydrogen-bond acceptors (Lipinski definition) is 4. The average Bonchev–Trinajstić information content (AvgIpc) is 2.84. The minimum atomic E-state index is -0.418. The molecule has 0 radical (unpaired) electrons. The molecule has 0 spiro atoms. The maximum atomic E-state index is 11.9. The lowest BCUT2D eigenvalue weighted by Gasteiger charge is -2.24. The highest BCUT2D eigenvalue weighted by atomic mass is 16.6. The molecule has 0 aromatic carbocycles. The number of hydrogen-bond donors (Lipinski definition) is 1. The van der Waals surface area contributed by atoms with Crippen molar-refractivity contribution in [1.82, 2.24) is 10.2 Å². The number of unbranched alkanes of at least 4 members (excludes halogenated alkanes) is 1. The van der Waals surface area contributed by atoms with Crippen LogP contribution >= 0.6 is 0 Å². The van der Waals surface area contributed by atoms with E-state index in [0.29, 0.717) is 6.04 Å². The number of amides is 1.